The number of rotatable bonds is 5. The fraction of sp³-hybridized carbons (Fsp3) is 0.471. The number of amides is 2. The lowest BCUT2D eigenvalue weighted by Gasteiger charge is -2.33. The second-order valence-electron chi connectivity index (χ2n) is 5.85. The molecule has 2 heterocycles. The molecule has 1 aliphatic rings. The van der Waals surface area contributed by atoms with Crippen molar-refractivity contribution in [1.82, 2.24) is 20.4 Å². The number of benzene rings is 1. The predicted molar refractivity (Wildman–Crippen MR) is 87.3 cm³/mol. The molecule has 1 aromatic carbocycles. The van der Waals surface area contributed by atoms with E-state index in [4.69, 9.17) is 9.26 Å². The topological polar surface area (TPSA) is 80.5 Å². The van der Waals surface area contributed by atoms with Crippen LogP contribution in [0.25, 0.3) is 0 Å². The largest absolute Gasteiger partial charge is 0.375 e. The molecule has 3 rings (SSSR count). The maximum absolute atomic E-state index is 12.3. The van der Waals surface area contributed by atoms with E-state index < -0.39 is 0 Å². The highest BCUT2D eigenvalue weighted by atomic mass is 16.5. The van der Waals surface area contributed by atoms with Gasteiger partial charge in [0.1, 0.15) is 0 Å². The number of hydrogen-bond donors (Lipinski definition) is 1. The van der Waals surface area contributed by atoms with Gasteiger partial charge in [0.15, 0.2) is 5.82 Å². The summed E-state index contributed by atoms with van der Waals surface area (Å²) in [5.41, 5.74) is 1.29. The Morgan fingerprint density at radius 1 is 1.38 bits per heavy atom. The molecule has 0 bridgehead atoms. The first-order valence-electron chi connectivity index (χ1n) is 8.18. The first kappa shape index (κ1) is 16.4. The zero-order chi connectivity index (χ0) is 16.8. The first-order chi connectivity index (χ1) is 11.7. The Hall–Kier alpha value is -2.41. The van der Waals surface area contributed by atoms with Gasteiger partial charge in [-0.25, -0.2) is 4.79 Å². The smallest absolute Gasteiger partial charge is 0.317 e. The molecule has 0 spiro atoms. The molecule has 1 unspecified atom stereocenters. The van der Waals surface area contributed by atoms with Crippen LogP contribution in [0, 0.1) is 6.92 Å². The fourth-order valence-corrected chi connectivity index (χ4v) is 2.73. The Morgan fingerprint density at radius 2 is 2.21 bits per heavy atom. The normalized spacial score (nSPS) is 17.7. The molecule has 7 heteroatoms. The minimum atomic E-state index is -0.120. The van der Waals surface area contributed by atoms with Crippen molar-refractivity contribution in [2.75, 3.05) is 19.7 Å². The molecule has 7 nitrogen and oxygen atoms in total. The Balaban J connectivity index is 1.45. The Kier molecular flexibility index (Phi) is 5.43. The minimum absolute atomic E-state index is 0.0668. The molecule has 1 N–H and O–H groups in total. The van der Waals surface area contributed by atoms with Crippen molar-refractivity contribution < 1.29 is 14.1 Å². The summed E-state index contributed by atoms with van der Waals surface area (Å²) in [6, 6.07) is 10.2. The quantitative estimate of drug-likeness (QED) is 0.906. The van der Waals surface area contributed by atoms with E-state index in [2.05, 4.69) is 27.6 Å². The van der Waals surface area contributed by atoms with Gasteiger partial charge < -0.3 is 19.5 Å². The van der Waals surface area contributed by atoms with Crippen LogP contribution in [0.3, 0.4) is 0 Å². The number of ether oxygens (including phenoxy) is 1. The molecule has 1 saturated heterocycles. The van der Waals surface area contributed by atoms with Crippen LogP contribution in [0.2, 0.25) is 0 Å². The number of morpholine rings is 1. The third-order valence-electron chi connectivity index (χ3n) is 3.99. The van der Waals surface area contributed by atoms with Crippen LogP contribution < -0.4 is 5.32 Å². The molecule has 0 radical (unpaired) electrons. The predicted octanol–water partition coefficient (Wildman–Crippen LogP) is 1.92. The summed E-state index contributed by atoms with van der Waals surface area (Å²) in [6.45, 7) is 3.75. The van der Waals surface area contributed by atoms with Gasteiger partial charge in [0.05, 0.1) is 19.3 Å². The van der Waals surface area contributed by atoms with Crippen molar-refractivity contribution in [1.29, 1.82) is 0 Å². The maximum atomic E-state index is 12.3. The first-order valence-corrected chi connectivity index (χ1v) is 8.18. The molecule has 1 aromatic heterocycles. The molecule has 1 fully saturated rings. The van der Waals surface area contributed by atoms with Gasteiger partial charge in [-0.15, -0.1) is 0 Å². The second-order valence-corrected chi connectivity index (χ2v) is 5.85. The van der Waals surface area contributed by atoms with E-state index in [1.165, 1.54) is 5.56 Å². The molecular formula is C17H22N4O3. The minimum Gasteiger partial charge on any atom is -0.375 e. The number of carbonyl (C=O) groups excluding carboxylic acids is 1. The molecule has 24 heavy (non-hydrogen) atoms. The Morgan fingerprint density at radius 3 is 2.96 bits per heavy atom. The van der Waals surface area contributed by atoms with E-state index in [1.807, 2.05) is 18.2 Å². The maximum Gasteiger partial charge on any atom is 0.317 e. The Bertz CT molecular complexity index is 659. The highest BCUT2D eigenvalue weighted by Crippen LogP contribution is 2.13. The van der Waals surface area contributed by atoms with Crippen LogP contribution in [0.4, 0.5) is 4.79 Å². The van der Waals surface area contributed by atoms with E-state index in [-0.39, 0.29) is 18.7 Å². The Labute approximate surface area is 141 Å². The third-order valence-corrected chi connectivity index (χ3v) is 3.99. The lowest BCUT2D eigenvalue weighted by Crippen LogP contribution is -2.49. The summed E-state index contributed by atoms with van der Waals surface area (Å²) in [6.07, 6.45) is 1.91. The zero-order valence-corrected chi connectivity index (χ0v) is 13.8. The van der Waals surface area contributed by atoms with Gasteiger partial charge in [-0.05, 0) is 18.4 Å². The van der Waals surface area contributed by atoms with E-state index in [9.17, 15) is 4.79 Å². The van der Waals surface area contributed by atoms with Crippen LogP contribution in [-0.2, 0) is 17.7 Å². The summed E-state index contributed by atoms with van der Waals surface area (Å²) < 4.78 is 10.7. The lowest BCUT2D eigenvalue weighted by atomic mass is 10.1. The summed E-state index contributed by atoms with van der Waals surface area (Å²) >= 11 is 0. The number of nitrogens with one attached hydrogen (secondary N) is 1. The van der Waals surface area contributed by atoms with Crippen LogP contribution in [0.5, 0.6) is 0 Å². The van der Waals surface area contributed by atoms with Crippen molar-refractivity contribution in [2.45, 2.75) is 32.4 Å². The van der Waals surface area contributed by atoms with E-state index >= 15 is 0 Å². The van der Waals surface area contributed by atoms with Gasteiger partial charge in [-0.1, -0.05) is 35.5 Å². The van der Waals surface area contributed by atoms with Crippen molar-refractivity contribution in [2.24, 2.45) is 0 Å². The molecule has 0 aliphatic carbocycles. The summed E-state index contributed by atoms with van der Waals surface area (Å²) in [5, 5.41) is 6.59. The number of hydrogen-bond acceptors (Lipinski definition) is 5. The van der Waals surface area contributed by atoms with Crippen molar-refractivity contribution in [3.8, 4) is 0 Å². The molecule has 0 saturated carbocycles. The molecule has 2 aromatic rings. The van der Waals surface area contributed by atoms with Gasteiger partial charge in [0.2, 0.25) is 5.89 Å². The van der Waals surface area contributed by atoms with E-state index in [1.54, 1.807) is 11.8 Å². The monoisotopic (exact) mass is 330 g/mol. The van der Waals surface area contributed by atoms with Gasteiger partial charge >= 0.3 is 6.03 Å². The van der Waals surface area contributed by atoms with E-state index in [0.29, 0.717) is 31.4 Å². The number of carbonyl (C=O) groups is 1. The highest BCUT2D eigenvalue weighted by Gasteiger charge is 2.24. The van der Waals surface area contributed by atoms with Crippen LogP contribution in [0.15, 0.2) is 34.9 Å². The second kappa shape index (κ2) is 7.92. The fourth-order valence-electron chi connectivity index (χ4n) is 2.73. The summed E-state index contributed by atoms with van der Waals surface area (Å²) in [4.78, 5) is 18.1. The average molecular weight is 330 g/mol. The summed E-state index contributed by atoms with van der Waals surface area (Å²) in [5.74, 6) is 0.973. The standard InChI is InChI=1S/C17H22N4O3/c1-13-19-16(20-24-13)11-18-17(22)21-9-10-23-15(12-21)8-7-14-5-3-2-4-6-14/h2-6,15H,7-12H2,1H3,(H,18,22). The molecule has 1 atom stereocenters. The van der Waals surface area contributed by atoms with Crippen LogP contribution >= 0.6 is 0 Å². The molecule has 128 valence electrons. The van der Waals surface area contributed by atoms with Gasteiger partial charge in [0, 0.05) is 20.0 Å². The van der Waals surface area contributed by atoms with Crippen LogP contribution in [0.1, 0.15) is 23.7 Å². The SMILES string of the molecule is Cc1nc(CNC(=O)N2CCOC(CCc3ccccc3)C2)no1. The number of nitrogens with zero attached hydrogens (tertiary/aromatic N) is 3. The van der Waals surface area contributed by atoms with E-state index in [0.717, 1.165) is 12.8 Å². The molecular weight excluding hydrogens is 308 g/mol. The summed E-state index contributed by atoms with van der Waals surface area (Å²) in [7, 11) is 0. The molecule has 1 aliphatic heterocycles. The van der Waals surface area contributed by atoms with Gasteiger partial charge in [-0.2, -0.15) is 4.98 Å². The van der Waals surface area contributed by atoms with Gasteiger partial charge in [0.25, 0.3) is 0 Å². The third kappa shape index (κ3) is 4.55. The van der Waals surface area contributed by atoms with Gasteiger partial charge in [-0.3, -0.25) is 0 Å². The average Bonchev–Trinajstić information content (AvgIpc) is 3.04. The highest BCUT2D eigenvalue weighted by molar-refractivity contribution is 5.74. The number of urea groups is 1. The van der Waals surface area contributed by atoms with Crippen molar-refractivity contribution >= 4 is 6.03 Å². The number of aryl methyl sites for hydroxylation is 2. The van der Waals surface area contributed by atoms with Crippen molar-refractivity contribution in [3.05, 3.63) is 47.6 Å². The van der Waals surface area contributed by atoms with Crippen LogP contribution in [-0.4, -0.2) is 46.9 Å². The number of aromatic nitrogens is 2. The molecule has 2 amide bonds. The van der Waals surface area contributed by atoms with Crippen molar-refractivity contribution in [3.63, 3.8) is 0 Å². The lowest BCUT2D eigenvalue weighted by molar-refractivity contribution is -0.0176. The zero-order valence-electron chi connectivity index (χ0n) is 13.8.